The van der Waals surface area contributed by atoms with Gasteiger partial charge in [-0.05, 0) is 23.3 Å². The first-order chi connectivity index (χ1) is 10.2. The van der Waals surface area contributed by atoms with E-state index in [4.69, 9.17) is 10.5 Å². The number of ether oxygens (including phenoxy) is 1. The van der Waals surface area contributed by atoms with Crippen molar-refractivity contribution in [1.29, 1.82) is 0 Å². The van der Waals surface area contributed by atoms with E-state index in [9.17, 15) is 9.59 Å². The van der Waals surface area contributed by atoms with Crippen LogP contribution in [0.5, 0.6) is 0 Å². The molecule has 0 radical (unpaired) electrons. The molecule has 1 amide bonds. The number of hydrogen-bond acceptors (Lipinski definition) is 6. The molecule has 22 heavy (non-hydrogen) atoms. The van der Waals surface area contributed by atoms with E-state index < -0.39 is 12.1 Å². The number of methoxy groups -OCH3 is 1. The fraction of sp³-hybridized carbons (Fsp3) is 0.867. The Hall–Kier alpha value is -0.400. The highest BCUT2D eigenvalue weighted by Crippen LogP contribution is 2.50. The Balaban J connectivity index is 2.22. The lowest BCUT2D eigenvalue weighted by Gasteiger charge is -2.34. The lowest BCUT2D eigenvalue weighted by Crippen LogP contribution is -2.53. The van der Waals surface area contributed by atoms with Crippen LogP contribution in [-0.2, 0) is 14.3 Å². The van der Waals surface area contributed by atoms with Gasteiger partial charge in [0.1, 0.15) is 6.04 Å². The highest BCUT2D eigenvalue weighted by molar-refractivity contribution is 8.18. The molecule has 2 aliphatic heterocycles. The van der Waals surface area contributed by atoms with E-state index in [1.54, 1.807) is 4.90 Å². The van der Waals surface area contributed by atoms with Crippen LogP contribution in [0.1, 0.15) is 33.6 Å². The predicted molar refractivity (Wildman–Crippen MR) is 91.8 cm³/mol. The minimum atomic E-state index is -0.617. The zero-order valence-electron chi connectivity index (χ0n) is 13.8. The molecule has 2 aliphatic rings. The van der Waals surface area contributed by atoms with E-state index in [1.807, 2.05) is 44.3 Å². The lowest BCUT2D eigenvalue weighted by molar-refractivity contribution is -0.152. The number of carbonyl (C=O) groups excluding carboxylic acids is 2. The first-order valence-electron chi connectivity index (χ1n) is 7.62. The minimum absolute atomic E-state index is 0.0790. The maximum absolute atomic E-state index is 12.8. The number of esters is 1. The fourth-order valence-corrected chi connectivity index (χ4v) is 6.14. The van der Waals surface area contributed by atoms with Gasteiger partial charge in [-0.25, -0.2) is 4.79 Å². The molecule has 2 heterocycles. The molecule has 0 aromatic heterocycles. The van der Waals surface area contributed by atoms with Gasteiger partial charge in [-0.1, -0.05) is 20.8 Å². The number of carbonyl (C=O) groups is 2. The summed E-state index contributed by atoms with van der Waals surface area (Å²) in [5.41, 5.74) is 5.81. The Bertz CT molecular complexity index is 445. The Labute approximate surface area is 141 Å². The number of thioether (sulfide) groups is 2. The molecule has 0 unspecified atom stereocenters. The van der Waals surface area contributed by atoms with Crippen LogP contribution in [0.4, 0.5) is 0 Å². The third kappa shape index (κ3) is 3.57. The van der Waals surface area contributed by atoms with Crippen molar-refractivity contribution >= 4 is 35.4 Å². The summed E-state index contributed by atoms with van der Waals surface area (Å²) < 4.78 is 4.84. The summed E-state index contributed by atoms with van der Waals surface area (Å²) in [5.74, 6) is 1.67. The fourth-order valence-electron chi connectivity index (χ4n) is 2.79. The molecular weight excluding hydrogens is 320 g/mol. The summed E-state index contributed by atoms with van der Waals surface area (Å²) in [4.78, 5) is 26.6. The SMILES string of the molecule is COC(=O)[C@@H]1CC2(CN1C(=O)[C@@H](N)C(C)(C)C)SCCCS2. The van der Waals surface area contributed by atoms with Gasteiger partial charge in [0.05, 0.1) is 17.2 Å². The molecule has 5 nitrogen and oxygen atoms in total. The quantitative estimate of drug-likeness (QED) is 0.767. The van der Waals surface area contributed by atoms with Crippen LogP contribution in [0, 0.1) is 5.41 Å². The number of hydrogen-bond donors (Lipinski definition) is 1. The van der Waals surface area contributed by atoms with Crippen molar-refractivity contribution in [2.75, 3.05) is 25.2 Å². The van der Waals surface area contributed by atoms with Crippen LogP contribution in [0.2, 0.25) is 0 Å². The molecule has 0 aliphatic carbocycles. The Morgan fingerprint density at radius 3 is 2.41 bits per heavy atom. The molecule has 2 saturated heterocycles. The summed E-state index contributed by atoms with van der Waals surface area (Å²) in [6.45, 7) is 6.40. The number of amides is 1. The van der Waals surface area contributed by atoms with E-state index in [0.29, 0.717) is 13.0 Å². The zero-order chi connectivity index (χ0) is 16.5. The highest BCUT2D eigenvalue weighted by atomic mass is 32.2. The summed E-state index contributed by atoms with van der Waals surface area (Å²) in [6, 6.07) is -1.13. The lowest BCUT2D eigenvalue weighted by atomic mass is 9.86. The van der Waals surface area contributed by atoms with Crippen molar-refractivity contribution in [1.82, 2.24) is 4.90 Å². The van der Waals surface area contributed by atoms with Crippen LogP contribution < -0.4 is 5.73 Å². The Morgan fingerprint density at radius 1 is 1.32 bits per heavy atom. The van der Waals surface area contributed by atoms with Gasteiger partial charge < -0.3 is 15.4 Å². The van der Waals surface area contributed by atoms with E-state index in [-0.39, 0.29) is 21.4 Å². The number of nitrogens with zero attached hydrogens (tertiary/aromatic N) is 1. The Morgan fingerprint density at radius 2 is 1.91 bits per heavy atom. The molecule has 1 spiro atoms. The summed E-state index contributed by atoms with van der Waals surface area (Å²) in [6.07, 6.45) is 1.83. The first-order valence-corrected chi connectivity index (χ1v) is 9.59. The molecular formula is C15H26N2O3S2. The second-order valence-corrected chi connectivity index (χ2v) is 10.2. The summed E-state index contributed by atoms with van der Waals surface area (Å²) >= 11 is 3.73. The third-order valence-corrected chi connectivity index (χ3v) is 7.60. The van der Waals surface area contributed by atoms with Crippen molar-refractivity contribution in [3.63, 3.8) is 0 Å². The summed E-state index contributed by atoms with van der Waals surface area (Å²) in [7, 11) is 1.38. The van der Waals surface area contributed by atoms with Crippen molar-refractivity contribution in [3.8, 4) is 0 Å². The number of rotatable bonds is 2. The van der Waals surface area contributed by atoms with Crippen molar-refractivity contribution in [2.24, 2.45) is 11.1 Å². The van der Waals surface area contributed by atoms with E-state index >= 15 is 0 Å². The van der Waals surface area contributed by atoms with Crippen LogP contribution in [0.25, 0.3) is 0 Å². The van der Waals surface area contributed by atoms with Crippen LogP contribution in [-0.4, -0.2) is 58.1 Å². The molecule has 7 heteroatoms. The number of nitrogens with two attached hydrogens (primary N) is 1. The van der Waals surface area contributed by atoms with Gasteiger partial charge in [0.25, 0.3) is 0 Å². The molecule has 0 aromatic carbocycles. The molecule has 0 saturated carbocycles. The maximum Gasteiger partial charge on any atom is 0.328 e. The van der Waals surface area contributed by atoms with Gasteiger partial charge in [0.15, 0.2) is 0 Å². The van der Waals surface area contributed by atoms with Crippen molar-refractivity contribution in [3.05, 3.63) is 0 Å². The van der Waals surface area contributed by atoms with Gasteiger partial charge in [-0.15, -0.1) is 23.5 Å². The van der Waals surface area contributed by atoms with Gasteiger partial charge >= 0.3 is 5.97 Å². The average Bonchev–Trinajstić information content (AvgIpc) is 2.84. The molecule has 0 aromatic rings. The van der Waals surface area contributed by atoms with E-state index in [1.165, 1.54) is 13.5 Å². The van der Waals surface area contributed by atoms with Crippen LogP contribution in [0.3, 0.4) is 0 Å². The normalized spacial score (nSPS) is 26.0. The second kappa shape index (κ2) is 6.61. The van der Waals surface area contributed by atoms with Gasteiger partial charge in [-0.2, -0.15) is 0 Å². The topological polar surface area (TPSA) is 72.6 Å². The summed E-state index contributed by atoms with van der Waals surface area (Å²) in [5, 5.41) is 0. The molecule has 126 valence electrons. The number of likely N-dealkylation sites (tertiary alicyclic amines) is 1. The Kier molecular flexibility index (Phi) is 5.39. The standard InChI is InChI=1S/C15H26N2O3S2/c1-14(2,3)11(16)12(18)17-9-15(21-6-5-7-22-15)8-10(17)13(19)20-4/h10-11H,5-9,16H2,1-4H3/t10-,11+/m0/s1. The molecule has 2 N–H and O–H groups in total. The maximum atomic E-state index is 12.8. The van der Waals surface area contributed by atoms with Crippen molar-refractivity contribution < 1.29 is 14.3 Å². The first kappa shape index (κ1) is 17.9. The van der Waals surface area contributed by atoms with Crippen LogP contribution >= 0.6 is 23.5 Å². The second-order valence-electron chi connectivity index (χ2n) is 7.01. The highest BCUT2D eigenvalue weighted by Gasteiger charge is 2.52. The molecule has 2 fully saturated rings. The van der Waals surface area contributed by atoms with Gasteiger partial charge in [0, 0.05) is 13.0 Å². The smallest absolute Gasteiger partial charge is 0.328 e. The average molecular weight is 347 g/mol. The van der Waals surface area contributed by atoms with E-state index in [0.717, 1.165) is 11.5 Å². The van der Waals surface area contributed by atoms with E-state index in [2.05, 4.69) is 0 Å². The minimum Gasteiger partial charge on any atom is -0.467 e. The van der Waals surface area contributed by atoms with Crippen molar-refractivity contribution in [2.45, 2.75) is 49.8 Å². The predicted octanol–water partition coefficient (Wildman–Crippen LogP) is 1.70. The molecule has 0 bridgehead atoms. The van der Waals surface area contributed by atoms with Gasteiger partial charge in [-0.3, -0.25) is 4.79 Å². The molecule has 2 rings (SSSR count). The third-order valence-electron chi connectivity index (χ3n) is 4.27. The van der Waals surface area contributed by atoms with Gasteiger partial charge in [0.2, 0.25) is 5.91 Å². The largest absolute Gasteiger partial charge is 0.467 e. The monoisotopic (exact) mass is 346 g/mol. The zero-order valence-corrected chi connectivity index (χ0v) is 15.4. The van der Waals surface area contributed by atoms with Crippen LogP contribution in [0.15, 0.2) is 0 Å². The molecule has 2 atom stereocenters.